The quantitative estimate of drug-likeness (QED) is 0.722. The molecular weight excluding hydrogens is 389 g/mol. The molecule has 1 N–H and O–H groups in total. The van der Waals surface area contributed by atoms with Crippen molar-refractivity contribution in [3.63, 3.8) is 0 Å². The molecule has 2 rings (SSSR count). The van der Waals surface area contributed by atoms with E-state index in [2.05, 4.69) is 5.32 Å². The fourth-order valence-corrected chi connectivity index (χ4v) is 2.48. The van der Waals surface area contributed by atoms with E-state index in [1.807, 2.05) is 0 Å². The molecule has 132 valence electrons. The van der Waals surface area contributed by atoms with Gasteiger partial charge in [0.05, 0.1) is 15.7 Å². The van der Waals surface area contributed by atoms with Gasteiger partial charge in [-0.3, -0.25) is 4.79 Å². The molecular formula is C17H14Cl3NO4. The van der Waals surface area contributed by atoms with Gasteiger partial charge in [-0.2, -0.15) is 0 Å². The normalized spacial score (nSPS) is 10.2. The van der Waals surface area contributed by atoms with Crippen LogP contribution in [0.1, 0.15) is 5.56 Å². The molecule has 0 heterocycles. The zero-order chi connectivity index (χ0) is 18.4. The van der Waals surface area contributed by atoms with Gasteiger partial charge in [-0.15, -0.1) is 0 Å². The molecule has 0 saturated heterocycles. The molecule has 8 heteroatoms. The maximum atomic E-state index is 11.9. The smallest absolute Gasteiger partial charge is 0.344 e. The highest BCUT2D eigenvalue weighted by Gasteiger charge is 2.14. The van der Waals surface area contributed by atoms with Crippen LogP contribution in [-0.4, -0.2) is 25.1 Å². The SMILES string of the molecule is Cc1ccc(Cl)c(NC(=O)COC(=O)COc2cccc(Cl)c2)c1Cl. The summed E-state index contributed by atoms with van der Waals surface area (Å²) in [6.45, 7) is 0.944. The number of nitrogens with one attached hydrogen (secondary N) is 1. The number of hydrogen-bond acceptors (Lipinski definition) is 4. The zero-order valence-corrected chi connectivity index (χ0v) is 15.4. The molecule has 0 atom stereocenters. The van der Waals surface area contributed by atoms with Crippen molar-refractivity contribution in [3.05, 3.63) is 57.0 Å². The molecule has 0 spiro atoms. The lowest BCUT2D eigenvalue weighted by molar-refractivity contribution is -0.149. The second-order valence-corrected chi connectivity index (χ2v) is 6.23. The Kier molecular flexibility index (Phi) is 6.93. The Balaban J connectivity index is 1.82. The van der Waals surface area contributed by atoms with E-state index in [0.717, 1.165) is 5.56 Å². The summed E-state index contributed by atoms with van der Waals surface area (Å²) in [4.78, 5) is 23.5. The van der Waals surface area contributed by atoms with E-state index in [9.17, 15) is 9.59 Å². The molecule has 2 aromatic rings. The molecule has 0 aromatic heterocycles. The lowest BCUT2D eigenvalue weighted by Gasteiger charge is -2.11. The first-order valence-corrected chi connectivity index (χ1v) is 8.28. The molecule has 0 fully saturated rings. The standard InChI is InChI=1S/C17H14Cl3NO4/c1-10-5-6-13(19)17(16(10)20)21-14(22)8-25-15(23)9-24-12-4-2-3-11(18)7-12/h2-7H,8-9H2,1H3,(H,21,22). The van der Waals surface area contributed by atoms with Crippen LogP contribution >= 0.6 is 34.8 Å². The molecule has 1 amide bonds. The van der Waals surface area contributed by atoms with E-state index >= 15 is 0 Å². The summed E-state index contributed by atoms with van der Waals surface area (Å²) in [5, 5.41) is 3.62. The predicted octanol–water partition coefficient (Wildman–Crippen LogP) is 4.52. The topological polar surface area (TPSA) is 64.6 Å². The van der Waals surface area contributed by atoms with Crippen LogP contribution in [0.3, 0.4) is 0 Å². The van der Waals surface area contributed by atoms with Gasteiger partial charge in [-0.1, -0.05) is 46.9 Å². The summed E-state index contributed by atoms with van der Waals surface area (Å²) in [5.74, 6) is -0.839. The van der Waals surface area contributed by atoms with Gasteiger partial charge in [-0.25, -0.2) is 4.79 Å². The van der Waals surface area contributed by atoms with Gasteiger partial charge in [0.1, 0.15) is 5.75 Å². The molecule has 2 aromatic carbocycles. The summed E-state index contributed by atoms with van der Waals surface area (Å²) >= 11 is 17.9. The number of carbonyl (C=O) groups excluding carboxylic acids is 2. The summed E-state index contributed by atoms with van der Waals surface area (Å²) in [6.07, 6.45) is 0. The number of hydrogen-bond donors (Lipinski definition) is 1. The average Bonchev–Trinajstić information content (AvgIpc) is 2.58. The van der Waals surface area contributed by atoms with E-state index in [1.54, 1.807) is 43.3 Å². The number of esters is 1. The Morgan fingerprint density at radius 1 is 1.08 bits per heavy atom. The minimum atomic E-state index is -0.698. The number of rotatable bonds is 6. The first-order valence-electron chi connectivity index (χ1n) is 7.15. The van der Waals surface area contributed by atoms with Crippen molar-refractivity contribution < 1.29 is 19.1 Å². The Morgan fingerprint density at radius 3 is 2.56 bits per heavy atom. The van der Waals surface area contributed by atoms with Gasteiger partial charge < -0.3 is 14.8 Å². The van der Waals surface area contributed by atoms with E-state index in [1.165, 1.54) is 0 Å². The summed E-state index contributed by atoms with van der Waals surface area (Å²) in [6, 6.07) is 9.91. The molecule has 5 nitrogen and oxygen atoms in total. The first-order chi connectivity index (χ1) is 11.9. The zero-order valence-electron chi connectivity index (χ0n) is 13.1. The van der Waals surface area contributed by atoms with Crippen molar-refractivity contribution in [3.8, 4) is 5.75 Å². The van der Waals surface area contributed by atoms with E-state index in [-0.39, 0.29) is 12.3 Å². The van der Waals surface area contributed by atoms with Crippen LogP contribution in [0.4, 0.5) is 5.69 Å². The highest BCUT2D eigenvalue weighted by molar-refractivity contribution is 6.40. The average molecular weight is 403 g/mol. The van der Waals surface area contributed by atoms with Gasteiger partial charge in [0.25, 0.3) is 5.91 Å². The largest absolute Gasteiger partial charge is 0.482 e. The first kappa shape index (κ1) is 19.4. The number of halogens is 3. The number of aryl methyl sites for hydroxylation is 1. The van der Waals surface area contributed by atoms with Crippen molar-refractivity contribution >= 4 is 52.4 Å². The minimum Gasteiger partial charge on any atom is -0.482 e. The van der Waals surface area contributed by atoms with Gasteiger partial charge in [0.2, 0.25) is 0 Å². The summed E-state index contributed by atoms with van der Waals surface area (Å²) in [7, 11) is 0. The van der Waals surface area contributed by atoms with E-state index in [0.29, 0.717) is 20.8 Å². The summed E-state index contributed by atoms with van der Waals surface area (Å²) in [5.41, 5.74) is 1.04. The number of anilines is 1. The number of carbonyl (C=O) groups is 2. The van der Waals surface area contributed by atoms with Crippen molar-refractivity contribution in [2.24, 2.45) is 0 Å². The van der Waals surface area contributed by atoms with E-state index < -0.39 is 18.5 Å². The van der Waals surface area contributed by atoms with Crippen LogP contribution in [-0.2, 0) is 14.3 Å². The summed E-state index contributed by atoms with van der Waals surface area (Å²) < 4.78 is 10.1. The monoisotopic (exact) mass is 401 g/mol. The fraction of sp³-hybridized carbons (Fsp3) is 0.176. The molecule has 0 aliphatic carbocycles. The lowest BCUT2D eigenvalue weighted by atomic mass is 10.2. The third kappa shape index (κ3) is 5.81. The van der Waals surface area contributed by atoms with Crippen LogP contribution in [0.2, 0.25) is 15.1 Å². The van der Waals surface area contributed by atoms with E-state index in [4.69, 9.17) is 44.3 Å². The third-order valence-electron chi connectivity index (χ3n) is 3.07. The number of benzene rings is 2. The molecule has 0 aliphatic heterocycles. The Hall–Kier alpha value is -1.95. The minimum absolute atomic E-state index is 0.277. The van der Waals surface area contributed by atoms with Crippen LogP contribution < -0.4 is 10.1 Å². The molecule has 0 saturated carbocycles. The maximum Gasteiger partial charge on any atom is 0.344 e. The van der Waals surface area contributed by atoms with Gasteiger partial charge in [0.15, 0.2) is 13.2 Å². The fourth-order valence-electron chi connectivity index (χ4n) is 1.83. The molecule has 0 bridgehead atoms. The Labute approximate surface area is 159 Å². The van der Waals surface area contributed by atoms with Crippen LogP contribution in [0, 0.1) is 6.92 Å². The number of ether oxygens (including phenoxy) is 2. The molecule has 0 aliphatic rings. The predicted molar refractivity (Wildman–Crippen MR) is 97.7 cm³/mol. The van der Waals surface area contributed by atoms with Crippen molar-refractivity contribution in [2.45, 2.75) is 6.92 Å². The highest BCUT2D eigenvalue weighted by atomic mass is 35.5. The molecule has 0 unspecified atom stereocenters. The number of amides is 1. The third-order valence-corrected chi connectivity index (χ3v) is 4.10. The van der Waals surface area contributed by atoms with Crippen LogP contribution in [0.5, 0.6) is 5.75 Å². The second kappa shape index (κ2) is 8.94. The Morgan fingerprint density at radius 2 is 1.84 bits per heavy atom. The maximum absolute atomic E-state index is 11.9. The van der Waals surface area contributed by atoms with Gasteiger partial charge >= 0.3 is 5.97 Å². The second-order valence-electron chi connectivity index (χ2n) is 5.01. The van der Waals surface area contributed by atoms with Crippen molar-refractivity contribution in [2.75, 3.05) is 18.5 Å². The van der Waals surface area contributed by atoms with Crippen LogP contribution in [0.15, 0.2) is 36.4 Å². The van der Waals surface area contributed by atoms with Crippen LogP contribution in [0.25, 0.3) is 0 Å². The Bertz CT molecular complexity index is 795. The van der Waals surface area contributed by atoms with Gasteiger partial charge in [0, 0.05) is 5.02 Å². The molecule has 25 heavy (non-hydrogen) atoms. The highest BCUT2D eigenvalue weighted by Crippen LogP contribution is 2.32. The lowest BCUT2D eigenvalue weighted by Crippen LogP contribution is -2.24. The van der Waals surface area contributed by atoms with Crippen molar-refractivity contribution in [1.29, 1.82) is 0 Å². The molecule has 0 radical (unpaired) electrons. The van der Waals surface area contributed by atoms with Gasteiger partial charge in [-0.05, 0) is 36.8 Å². The van der Waals surface area contributed by atoms with Crippen molar-refractivity contribution in [1.82, 2.24) is 0 Å².